The quantitative estimate of drug-likeness (QED) is 0.795. The molecular weight excluding hydrogens is 282 g/mol. The Hall–Kier alpha value is -1.10. The first-order chi connectivity index (χ1) is 10.4. The van der Waals surface area contributed by atoms with E-state index in [0.717, 1.165) is 12.8 Å². The molecule has 5 nitrogen and oxygen atoms in total. The largest absolute Gasteiger partial charge is 0.458 e. The molecule has 0 radical (unpaired) electrons. The molecule has 2 atom stereocenters. The first-order valence-corrected chi connectivity index (χ1v) is 8.56. The number of hydrogen-bond acceptors (Lipinski definition) is 4. The van der Waals surface area contributed by atoms with Gasteiger partial charge in [0.1, 0.15) is 5.60 Å². The molecule has 5 heteroatoms. The molecule has 124 valence electrons. The number of rotatable bonds is 2. The van der Waals surface area contributed by atoms with Crippen molar-refractivity contribution in [3.63, 3.8) is 0 Å². The highest BCUT2D eigenvalue weighted by molar-refractivity contribution is 5.88. The van der Waals surface area contributed by atoms with E-state index in [1.807, 2.05) is 13.8 Å². The van der Waals surface area contributed by atoms with Gasteiger partial charge in [0.15, 0.2) is 0 Å². The maximum atomic E-state index is 12.8. The van der Waals surface area contributed by atoms with E-state index in [1.165, 1.54) is 19.3 Å². The van der Waals surface area contributed by atoms with Gasteiger partial charge in [0.05, 0.1) is 24.5 Å². The van der Waals surface area contributed by atoms with E-state index in [-0.39, 0.29) is 35.9 Å². The zero-order chi connectivity index (χ0) is 15.8. The van der Waals surface area contributed by atoms with E-state index in [4.69, 9.17) is 9.47 Å². The summed E-state index contributed by atoms with van der Waals surface area (Å²) in [5, 5.41) is 3.17. The normalized spacial score (nSPS) is 35.4. The molecule has 3 aliphatic rings. The summed E-state index contributed by atoms with van der Waals surface area (Å²) >= 11 is 0. The van der Waals surface area contributed by atoms with Crippen LogP contribution in [0.4, 0.5) is 0 Å². The van der Waals surface area contributed by atoms with Gasteiger partial charge in [-0.25, -0.2) is 0 Å². The minimum absolute atomic E-state index is 0.00421. The van der Waals surface area contributed by atoms with Gasteiger partial charge in [-0.3, -0.25) is 9.59 Å². The second-order valence-electron chi connectivity index (χ2n) is 7.67. The Morgan fingerprint density at radius 2 is 1.95 bits per heavy atom. The molecular formula is C17H27NO4. The smallest absolute Gasteiger partial charge is 0.307 e. The van der Waals surface area contributed by atoms with Crippen LogP contribution < -0.4 is 5.32 Å². The van der Waals surface area contributed by atoms with Crippen molar-refractivity contribution in [2.45, 2.75) is 82.5 Å². The van der Waals surface area contributed by atoms with Gasteiger partial charge < -0.3 is 14.8 Å². The average molecular weight is 309 g/mol. The van der Waals surface area contributed by atoms with Crippen molar-refractivity contribution in [2.75, 3.05) is 6.61 Å². The van der Waals surface area contributed by atoms with Crippen molar-refractivity contribution in [3.05, 3.63) is 0 Å². The molecule has 3 rings (SSSR count). The molecule has 0 aromatic carbocycles. The first kappa shape index (κ1) is 15.8. The summed E-state index contributed by atoms with van der Waals surface area (Å²) < 4.78 is 11.4. The molecule has 2 aliphatic heterocycles. The lowest BCUT2D eigenvalue weighted by atomic mass is 9.75. The maximum Gasteiger partial charge on any atom is 0.307 e. The molecule has 1 saturated carbocycles. The van der Waals surface area contributed by atoms with Gasteiger partial charge in [-0.05, 0) is 26.7 Å². The number of carbonyl (C=O) groups excluding carboxylic acids is 2. The van der Waals surface area contributed by atoms with Crippen LogP contribution in [0.3, 0.4) is 0 Å². The predicted octanol–water partition coefficient (Wildman–Crippen LogP) is 2.33. The summed E-state index contributed by atoms with van der Waals surface area (Å²) in [6, 6.07) is 0.266. The van der Waals surface area contributed by atoms with Crippen LogP contribution in [0.5, 0.6) is 0 Å². The molecule has 2 heterocycles. The van der Waals surface area contributed by atoms with E-state index >= 15 is 0 Å². The van der Waals surface area contributed by atoms with E-state index < -0.39 is 5.60 Å². The highest BCUT2D eigenvalue weighted by atomic mass is 16.6. The predicted molar refractivity (Wildman–Crippen MR) is 81.2 cm³/mol. The highest BCUT2D eigenvalue weighted by Gasteiger charge is 2.56. The lowest BCUT2D eigenvalue weighted by molar-refractivity contribution is -0.179. The average Bonchev–Trinajstić information content (AvgIpc) is 2.74. The fraction of sp³-hybridized carbons (Fsp3) is 0.882. The van der Waals surface area contributed by atoms with Gasteiger partial charge in [-0.2, -0.15) is 0 Å². The maximum absolute atomic E-state index is 12.8. The summed E-state index contributed by atoms with van der Waals surface area (Å²) in [6.45, 7) is 4.53. The molecule has 22 heavy (non-hydrogen) atoms. The van der Waals surface area contributed by atoms with Gasteiger partial charge in [0.2, 0.25) is 5.91 Å². The fourth-order valence-electron chi connectivity index (χ4n) is 4.32. The monoisotopic (exact) mass is 309 g/mol. The number of esters is 1. The molecule has 2 saturated heterocycles. The Bertz CT molecular complexity index is 456. The number of amides is 1. The van der Waals surface area contributed by atoms with E-state index in [9.17, 15) is 9.59 Å². The SMILES string of the molecule is CC1(C)CC2(CCO1)OC(=O)CC2C(=O)NC1CCCCC1. The second kappa shape index (κ2) is 5.84. The molecule has 0 bridgehead atoms. The van der Waals surface area contributed by atoms with E-state index in [1.54, 1.807) is 0 Å². The van der Waals surface area contributed by atoms with Gasteiger partial charge in [0, 0.05) is 18.9 Å². The minimum Gasteiger partial charge on any atom is -0.458 e. The zero-order valence-corrected chi connectivity index (χ0v) is 13.7. The molecule has 1 N–H and O–H groups in total. The van der Waals surface area contributed by atoms with Crippen molar-refractivity contribution in [2.24, 2.45) is 5.92 Å². The third-order valence-corrected chi connectivity index (χ3v) is 5.33. The summed E-state index contributed by atoms with van der Waals surface area (Å²) in [6.07, 6.45) is 7.12. The van der Waals surface area contributed by atoms with Crippen LogP contribution in [0.2, 0.25) is 0 Å². The molecule has 1 aliphatic carbocycles. The van der Waals surface area contributed by atoms with Crippen LogP contribution in [0.25, 0.3) is 0 Å². The summed E-state index contributed by atoms with van der Waals surface area (Å²) in [7, 11) is 0. The third kappa shape index (κ3) is 3.14. The number of hydrogen-bond donors (Lipinski definition) is 1. The van der Waals surface area contributed by atoms with E-state index in [2.05, 4.69) is 5.32 Å². The Morgan fingerprint density at radius 1 is 1.23 bits per heavy atom. The van der Waals surface area contributed by atoms with Crippen molar-refractivity contribution in [1.82, 2.24) is 5.32 Å². The van der Waals surface area contributed by atoms with Gasteiger partial charge in [-0.1, -0.05) is 19.3 Å². The fourth-order valence-corrected chi connectivity index (χ4v) is 4.32. The molecule has 1 amide bonds. The van der Waals surface area contributed by atoms with Crippen LogP contribution in [-0.2, 0) is 19.1 Å². The van der Waals surface area contributed by atoms with E-state index in [0.29, 0.717) is 19.4 Å². The van der Waals surface area contributed by atoms with Gasteiger partial charge in [0.25, 0.3) is 0 Å². The Balaban J connectivity index is 1.72. The number of nitrogens with one attached hydrogen (secondary N) is 1. The van der Waals surface area contributed by atoms with Crippen LogP contribution >= 0.6 is 0 Å². The van der Waals surface area contributed by atoms with Crippen LogP contribution in [0, 0.1) is 5.92 Å². The van der Waals surface area contributed by atoms with Crippen LogP contribution in [0.15, 0.2) is 0 Å². The summed E-state index contributed by atoms with van der Waals surface area (Å²) in [5.74, 6) is -0.623. The standard InChI is InChI=1S/C17H27NO4/c1-16(2)11-17(8-9-21-16)13(10-14(19)22-17)15(20)18-12-6-4-3-5-7-12/h12-13H,3-11H2,1-2H3,(H,18,20). The van der Waals surface area contributed by atoms with Crippen LogP contribution in [0.1, 0.15) is 65.2 Å². The zero-order valence-electron chi connectivity index (χ0n) is 13.7. The number of carbonyl (C=O) groups is 2. The minimum atomic E-state index is -0.669. The molecule has 3 fully saturated rings. The van der Waals surface area contributed by atoms with Gasteiger partial charge in [-0.15, -0.1) is 0 Å². The Morgan fingerprint density at radius 3 is 2.64 bits per heavy atom. The Kier molecular flexibility index (Phi) is 4.19. The second-order valence-corrected chi connectivity index (χ2v) is 7.67. The first-order valence-electron chi connectivity index (χ1n) is 8.56. The van der Waals surface area contributed by atoms with Crippen molar-refractivity contribution < 1.29 is 19.1 Å². The molecule has 2 unspecified atom stereocenters. The molecule has 1 spiro atoms. The molecule has 0 aromatic rings. The topological polar surface area (TPSA) is 64.6 Å². The summed E-state index contributed by atoms with van der Waals surface area (Å²) in [5.41, 5.74) is -1.02. The van der Waals surface area contributed by atoms with Crippen molar-refractivity contribution >= 4 is 11.9 Å². The van der Waals surface area contributed by atoms with Crippen molar-refractivity contribution in [3.8, 4) is 0 Å². The Labute approximate surface area is 132 Å². The lowest BCUT2D eigenvalue weighted by Gasteiger charge is -2.44. The van der Waals surface area contributed by atoms with Crippen LogP contribution in [-0.4, -0.2) is 35.7 Å². The van der Waals surface area contributed by atoms with Gasteiger partial charge >= 0.3 is 5.97 Å². The third-order valence-electron chi connectivity index (χ3n) is 5.33. The molecule has 0 aromatic heterocycles. The number of ether oxygens (including phenoxy) is 2. The highest BCUT2D eigenvalue weighted by Crippen LogP contribution is 2.45. The summed E-state index contributed by atoms with van der Waals surface area (Å²) in [4.78, 5) is 24.7. The van der Waals surface area contributed by atoms with Crippen molar-refractivity contribution in [1.29, 1.82) is 0 Å². The lowest BCUT2D eigenvalue weighted by Crippen LogP contribution is -2.54.